The van der Waals surface area contributed by atoms with Gasteiger partial charge in [-0.2, -0.15) is 0 Å². The number of imide groups is 1. The number of phenolic OH excluding ortho intramolecular Hbond substituents is 1. The van der Waals surface area contributed by atoms with E-state index in [9.17, 15) is 24.3 Å². The molecule has 0 unspecified atom stereocenters. The molecule has 7 heteroatoms. The van der Waals surface area contributed by atoms with E-state index in [0.29, 0.717) is 28.8 Å². The van der Waals surface area contributed by atoms with Crippen LogP contribution in [0.1, 0.15) is 29.9 Å². The molecule has 2 amide bonds. The lowest BCUT2D eigenvalue weighted by Crippen LogP contribution is -2.39. The van der Waals surface area contributed by atoms with Crippen LogP contribution in [0.4, 0.5) is 5.69 Å². The Morgan fingerprint density at radius 1 is 0.972 bits per heavy atom. The second-order valence-corrected chi connectivity index (χ2v) is 10.6. The Bertz CT molecular complexity index is 1470. The monoisotopic (exact) mass is 543 g/mol. The van der Waals surface area contributed by atoms with Crippen LogP contribution in [-0.2, 0) is 19.2 Å². The van der Waals surface area contributed by atoms with E-state index in [1.165, 1.54) is 11.0 Å². The first-order chi connectivity index (χ1) is 17.3. The first kappa shape index (κ1) is 22.9. The Balaban J connectivity index is 1.50. The highest BCUT2D eigenvalue weighted by Gasteiger charge is 2.56. The van der Waals surface area contributed by atoms with E-state index >= 15 is 0 Å². The number of anilines is 1. The molecule has 36 heavy (non-hydrogen) atoms. The van der Waals surface area contributed by atoms with Crippen molar-refractivity contribution in [3.8, 4) is 5.75 Å². The quantitative estimate of drug-likeness (QED) is 0.337. The van der Waals surface area contributed by atoms with Crippen LogP contribution in [0.5, 0.6) is 5.75 Å². The highest BCUT2D eigenvalue weighted by Crippen LogP contribution is 2.55. The number of allylic oxidation sites excluding steroid dienone is 6. The number of carbonyl (C=O) groups excluding carboxylic acids is 4. The molecule has 4 aliphatic rings. The molecule has 2 aromatic carbocycles. The molecule has 1 fully saturated rings. The van der Waals surface area contributed by atoms with E-state index in [1.54, 1.807) is 43.3 Å². The van der Waals surface area contributed by atoms with Gasteiger partial charge in [-0.3, -0.25) is 24.1 Å². The molecule has 1 aliphatic heterocycles. The summed E-state index contributed by atoms with van der Waals surface area (Å²) < 4.78 is 0.200. The number of rotatable bonds is 2. The summed E-state index contributed by atoms with van der Waals surface area (Å²) in [7, 11) is 0. The SMILES string of the molecule is Cc1cc([C@H]2C3=CC[C@@H]4C(=O)N(c5ccccc5)C(=O)[C@@H]4[C@@H]3CC3=C2C(=O)C=C(Br)C3=O)ccc1O. The zero-order valence-corrected chi connectivity index (χ0v) is 21.0. The van der Waals surface area contributed by atoms with Gasteiger partial charge in [0.1, 0.15) is 5.75 Å². The largest absolute Gasteiger partial charge is 0.508 e. The summed E-state index contributed by atoms with van der Waals surface area (Å²) >= 11 is 3.24. The van der Waals surface area contributed by atoms with E-state index in [-0.39, 0.29) is 46.0 Å². The lowest BCUT2D eigenvalue weighted by Gasteiger charge is -2.42. The Labute approximate surface area is 216 Å². The Kier molecular flexibility index (Phi) is 5.23. The van der Waals surface area contributed by atoms with E-state index in [2.05, 4.69) is 15.9 Å². The van der Waals surface area contributed by atoms with Crippen molar-refractivity contribution in [1.82, 2.24) is 0 Å². The molecule has 1 heterocycles. The molecule has 1 N–H and O–H groups in total. The minimum absolute atomic E-state index is 0.141. The molecule has 180 valence electrons. The van der Waals surface area contributed by atoms with E-state index in [1.807, 2.05) is 18.2 Å². The van der Waals surface area contributed by atoms with Crippen LogP contribution in [0.3, 0.4) is 0 Å². The molecular formula is C29H22BrNO5. The molecule has 0 saturated carbocycles. The second-order valence-electron chi connectivity index (χ2n) is 9.79. The molecule has 0 aromatic heterocycles. The molecule has 0 radical (unpaired) electrons. The number of benzene rings is 2. The van der Waals surface area contributed by atoms with Gasteiger partial charge in [0, 0.05) is 23.1 Å². The van der Waals surface area contributed by atoms with Gasteiger partial charge in [-0.05, 0) is 70.9 Å². The smallest absolute Gasteiger partial charge is 0.238 e. The van der Waals surface area contributed by atoms with Crippen molar-refractivity contribution in [1.29, 1.82) is 0 Å². The first-order valence-corrected chi connectivity index (χ1v) is 12.7. The average molecular weight is 544 g/mol. The maximum atomic E-state index is 13.8. The van der Waals surface area contributed by atoms with Gasteiger partial charge in [0.25, 0.3) is 0 Å². The first-order valence-electron chi connectivity index (χ1n) is 11.9. The lowest BCUT2D eigenvalue weighted by molar-refractivity contribution is -0.123. The Morgan fingerprint density at radius 3 is 2.44 bits per heavy atom. The van der Waals surface area contributed by atoms with Gasteiger partial charge < -0.3 is 5.11 Å². The van der Waals surface area contributed by atoms with Crippen molar-refractivity contribution >= 4 is 45.0 Å². The fourth-order valence-electron chi connectivity index (χ4n) is 6.28. The summed E-state index contributed by atoms with van der Waals surface area (Å²) in [6, 6.07) is 14.1. The molecule has 3 aliphatic carbocycles. The number of ketones is 2. The highest BCUT2D eigenvalue weighted by molar-refractivity contribution is 9.12. The maximum Gasteiger partial charge on any atom is 0.238 e. The molecule has 6 nitrogen and oxygen atoms in total. The van der Waals surface area contributed by atoms with Crippen LogP contribution in [0.15, 0.2) is 81.9 Å². The van der Waals surface area contributed by atoms with Crippen LogP contribution < -0.4 is 4.90 Å². The van der Waals surface area contributed by atoms with Crippen LogP contribution >= 0.6 is 15.9 Å². The number of Topliss-reactive ketones (excluding diaryl/α,β-unsaturated/α-hetero) is 1. The number of phenols is 1. The van der Waals surface area contributed by atoms with Crippen LogP contribution in [0.2, 0.25) is 0 Å². The van der Waals surface area contributed by atoms with Gasteiger partial charge in [0.2, 0.25) is 11.8 Å². The van der Waals surface area contributed by atoms with Crippen molar-refractivity contribution < 1.29 is 24.3 Å². The van der Waals surface area contributed by atoms with E-state index in [0.717, 1.165) is 11.1 Å². The maximum absolute atomic E-state index is 13.8. The average Bonchev–Trinajstić information content (AvgIpc) is 3.13. The van der Waals surface area contributed by atoms with Gasteiger partial charge in [-0.1, -0.05) is 42.0 Å². The fourth-order valence-corrected chi connectivity index (χ4v) is 6.72. The lowest BCUT2D eigenvalue weighted by atomic mass is 9.59. The summed E-state index contributed by atoms with van der Waals surface area (Å²) in [5.41, 5.74) is 3.68. The molecular weight excluding hydrogens is 522 g/mol. The van der Waals surface area contributed by atoms with Crippen molar-refractivity contribution in [2.24, 2.45) is 17.8 Å². The predicted molar refractivity (Wildman–Crippen MR) is 136 cm³/mol. The molecule has 6 rings (SSSR count). The number of amides is 2. The van der Waals surface area contributed by atoms with Gasteiger partial charge >= 0.3 is 0 Å². The Hall–Kier alpha value is -3.58. The third-order valence-electron chi connectivity index (χ3n) is 7.90. The minimum atomic E-state index is -0.611. The number of aryl methyl sites for hydroxylation is 1. The molecule has 1 saturated heterocycles. The summed E-state index contributed by atoms with van der Waals surface area (Å²) in [5.74, 6) is -2.89. The normalized spacial score (nSPS) is 27.4. The number of carbonyl (C=O) groups is 4. The zero-order chi connectivity index (χ0) is 25.3. The van der Waals surface area contributed by atoms with Crippen molar-refractivity contribution in [2.75, 3.05) is 4.90 Å². The van der Waals surface area contributed by atoms with E-state index < -0.39 is 17.8 Å². The molecule has 0 spiro atoms. The van der Waals surface area contributed by atoms with Gasteiger partial charge in [-0.25, -0.2) is 0 Å². The minimum Gasteiger partial charge on any atom is -0.508 e. The molecule has 4 atom stereocenters. The summed E-state index contributed by atoms with van der Waals surface area (Å²) in [6.45, 7) is 1.78. The Morgan fingerprint density at radius 2 is 1.72 bits per heavy atom. The number of para-hydroxylation sites is 1. The highest BCUT2D eigenvalue weighted by atomic mass is 79.9. The standard InChI is InChI=1S/C29H22BrNO5/c1-14-11-15(7-10-22(14)32)24-17-8-9-18-25(29(36)31(28(18)35)16-5-3-2-4-6-16)19(17)12-20-26(24)23(33)13-21(30)27(20)34/h2-8,10-11,13,18-19,24-25,32H,9,12H2,1H3/t18-,19+,24-,25-/m0/s1. The molecule has 0 bridgehead atoms. The summed E-state index contributed by atoms with van der Waals surface area (Å²) in [4.78, 5) is 55.0. The predicted octanol–water partition coefficient (Wildman–Crippen LogP) is 4.67. The van der Waals surface area contributed by atoms with Gasteiger partial charge in [0.15, 0.2) is 11.6 Å². The number of aromatic hydroxyl groups is 1. The van der Waals surface area contributed by atoms with Crippen LogP contribution in [-0.4, -0.2) is 28.5 Å². The second kappa shape index (κ2) is 8.23. The van der Waals surface area contributed by atoms with Gasteiger partial charge in [-0.15, -0.1) is 0 Å². The van der Waals surface area contributed by atoms with Crippen molar-refractivity contribution in [3.63, 3.8) is 0 Å². The zero-order valence-electron chi connectivity index (χ0n) is 19.4. The summed E-state index contributed by atoms with van der Waals surface area (Å²) in [6.07, 6.45) is 3.93. The number of halogens is 1. The summed E-state index contributed by atoms with van der Waals surface area (Å²) in [5, 5.41) is 10.1. The molecule has 2 aromatic rings. The topological polar surface area (TPSA) is 91.8 Å². The third kappa shape index (κ3) is 3.22. The number of fused-ring (bicyclic) bond motifs is 3. The van der Waals surface area contributed by atoms with Crippen molar-refractivity contribution in [2.45, 2.75) is 25.7 Å². The third-order valence-corrected chi connectivity index (χ3v) is 8.49. The van der Waals surface area contributed by atoms with E-state index in [4.69, 9.17) is 0 Å². The van der Waals surface area contributed by atoms with Gasteiger partial charge in [0.05, 0.1) is 22.0 Å². The number of hydrogen-bond donors (Lipinski definition) is 1. The van der Waals surface area contributed by atoms with Crippen LogP contribution in [0.25, 0.3) is 0 Å². The number of nitrogens with zero attached hydrogens (tertiary/aromatic N) is 1. The number of hydrogen-bond acceptors (Lipinski definition) is 5. The fraction of sp³-hybridized carbons (Fsp3) is 0.241. The van der Waals surface area contributed by atoms with Crippen LogP contribution in [0, 0.1) is 24.7 Å². The van der Waals surface area contributed by atoms with Crippen molar-refractivity contribution in [3.05, 3.63) is 93.0 Å².